The number of fused-ring (bicyclic) bond motifs is 1. The predicted molar refractivity (Wildman–Crippen MR) is 132 cm³/mol. The average Bonchev–Trinajstić information content (AvgIpc) is 3.49. The molecule has 5 rings (SSSR count). The third-order valence-electron chi connectivity index (χ3n) is 6.02. The lowest BCUT2D eigenvalue weighted by Gasteiger charge is -2.19. The van der Waals surface area contributed by atoms with Crippen LogP contribution in [0.25, 0.3) is 33.5 Å². The van der Waals surface area contributed by atoms with Gasteiger partial charge in [0.05, 0.1) is 16.5 Å². The van der Waals surface area contributed by atoms with E-state index in [1.54, 1.807) is 0 Å². The average molecular weight is 459 g/mol. The molecule has 8 heteroatoms. The van der Waals surface area contributed by atoms with Crippen LogP contribution in [-0.4, -0.2) is 49.0 Å². The van der Waals surface area contributed by atoms with Crippen LogP contribution in [0.2, 0.25) is 0 Å². The van der Waals surface area contributed by atoms with Crippen molar-refractivity contribution in [2.75, 3.05) is 18.9 Å². The minimum absolute atomic E-state index is 0.123. The molecule has 3 heterocycles. The number of nitrogens with zero attached hydrogens (tertiary/aromatic N) is 5. The van der Waals surface area contributed by atoms with E-state index in [9.17, 15) is 4.79 Å². The number of carbonyl (C=O) groups is 1. The number of pyridine rings is 1. The normalized spacial score (nSPS) is 14.7. The molecule has 168 valence electrons. The summed E-state index contributed by atoms with van der Waals surface area (Å²) in [5.41, 5.74) is 4.78. The van der Waals surface area contributed by atoms with Crippen molar-refractivity contribution in [1.82, 2.24) is 24.8 Å². The van der Waals surface area contributed by atoms with Gasteiger partial charge in [-0.3, -0.25) is 4.79 Å². The maximum absolute atomic E-state index is 12.7. The Labute approximate surface area is 197 Å². The van der Waals surface area contributed by atoms with Crippen molar-refractivity contribution < 1.29 is 4.79 Å². The SMILES string of the molecule is Cc1ccc(-c2cc(-c3nnc(S[C@H](C)C(=O)N4CCCC4)n3N)c3ccccc3n2)cc1. The van der Waals surface area contributed by atoms with Crippen molar-refractivity contribution in [3.05, 3.63) is 60.2 Å². The maximum Gasteiger partial charge on any atom is 0.235 e. The second-order valence-electron chi connectivity index (χ2n) is 8.41. The van der Waals surface area contributed by atoms with Crippen LogP contribution in [0.5, 0.6) is 0 Å². The molecule has 1 aliphatic rings. The van der Waals surface area contributed by atoms with Gasteiger partial charge in [-0.15, -0.1) is 10.2 Å². The highest BCUT2D eigenvalue weighted by Crippen LogP contribution is 2.33. The van der Waals surface area contributed by atoms with E-state index in [4.69, 9.17) is 10.8 Å². The van der Waals surface area contributed by atoms with Crippen LogP contribution in [0.1, 0.15) is 25.3 Å². The molecule has 0 radical (unpaired) electrons. The number of aryl methyl sites for hydroxylation is 1. The molecule has 0 saturated carbocycles. The van der Waals surface area contributed by atoms with Gasteiger partial charge in [0, 0.05) is 29.6 Å². The number of nitrogens with two attached hydrogens (primary N) is 1. The number of hydrogen-bond donors (Lipinski definition) is 1. The van der Waals surface area contributed by atoms with Crippen molar-refractivity contribution >= 4 is 28.6 Å². The fraction of sp³-hybridized carbons (Fsp3) is 0.280. The molecule has 0 unspecified atom stereocenters. The largest absolute Gasteiger partial charge is 0.342 e. The van der Waals surface area contributed by atoms with E-state index >= 15 is 0 Å². The molecular formula is C25H26N6OS. The number of nitrogen functional groups attached to an aromatic ring is 1. The monoisotopic (exact) mass is 458 g/mol. The van der Waals surface area contributed by atoms with Crippen LogP contribution in [0.4, 0.5) is 0 Å². The number of rotatable bonds is 5. The van der Waals surface area contributed by atoms with Gasteiger partial charge in [-0.2, -0.15) is 0 Å². The first-order chi connectivity index (χ1) is 16.0. The third-order valence-corrected chi connectivity index (χ3v) is 7.06. The number of para-hydroxylation sites is 1. The Kier molecular flexibility index (Phi) is 5.76. The molecule has 1 fully saturated rings. The van der Waals surface area contributed by atoms with Gasteiger partial charge in [-0.25, -0.2) is 9.66 Å². The van der Waals surface area contributed by atoms with Gasteiger partial charge in [0.15, 0.2) is 5.82 Å². The number of thioether (sulfide) groups is 1. The van der Waals surface area contributed by atoms with Crippen LogP contribution < -0.4 is 5.84 Å². The molecule has 2 aromatic heterocycles. The summed E-state index contributed by atoms with van der Waals surface area (Å²) in [7, 11) is 0. The van der Waals surface area contributed by atoms with Crippen molar-refractivity contribution in [3.8, 4) is 22.6 Å². The number of hydrogen-bond acceptors (Lipinski definition) is 6. The fourth-order valence-corrected chi connectivity index (χ4v) is 5.03. The summed E-state index contributed by atoms with van der Waals surface area (Å²) >= 11 is 1.35. The summed E-state index contributed by atoms with van der Waals surface area (Å²) in [4.78, 5) is 19.5. The molecule has 7 nitrogen and oxygen atoms in total. The van der Waals surface area contributed by atoms with Crippen molar-refractivity contribution in [3.63, 3.8) is 0 Å². The van der Waals surface area contributed by atoms with E-state index in [-0.39, 0.29) is 11.2 Å². The van der Waals surface area contributed by atoms with Gasteiger partial charge >= 0.3 is 0 Å². The molecule has 4 aromatic rings. The Morgan fingerprint density at radius 3 is 2.55 bits per heavy atom. The summed E-state index contributed by atoms with van der Waals surface area (Å²) in [6.45, 7) is 5.62. The van der Waals surface area contributed by atoms with Gasteiger partial charge in [0.2, 0.25) is 11.1 Å². The molecule has 1 aliphatic heterocycles. The Hall–Kier alpha value is -3.39. The molecule has 1 saturated heterocycles. The van der Waals surface area contributed by atoms with E-state index in [0.717, 1.165) is 53.7 Å². The van der Waals surface area contributed by atoms with Gasteiger partial charge in [-0.05, 0) is 38.8 Å². The smallest absolute Gasteiger partial charge is 0.235 e. The van der Waals surface area contributed by atoms with Crippen LogP contribution in [-0.2, 0) is 4.79 Å². The molecule has 2 N–H and O–H groups in total. The zero-order valence-corrected chi connectivity index (χ0v) is 19.5. The lowest BCUT2D eigenvalue weighted by Crippen LogP contribution is -2.34. The molecular weight excluding hydrogens is 432 g/mol. The highest BCUT2D eigenvalue weighted by molar-refractivity contribution is 8.00. The fourth-order valence-electron chi connectivity index (χ4n) is 4.18. The molecule has 0 spiro atoms. The van der Waals surface area contributed by atoms with Crippen molar-refractivity contribution in [1.29, 1.82) is 0 Å². The van der Waals surface area contributed by atoms with E-state index in [2.05, 4.69) is 41.4 Å². The molecule has 1 atom stereocenters. The van der Waals surface area contributed by atoms with E-state index in [1.807, 2.05) is 42.2 Å². The first-order valence-corrected chi connectivity index (χ1v) is 12.0. The van der Waals surface area contributed by atoms with E-state index < -0.39 is 0 Å². The van der Waals surface area contributed by atoms with Crippen LogP contribution >= 0.6 is 11.8 Å². The topological polar surface area (TPSA) is 89.9 Å². The third kappa shape index (κ3) is 4.18. The first kappa shape index (κ1) is 21.5. The summed E-state index contributed by atoms with van der Waals surface area (Å²) < 4.78 is 1.49. The first-order valence-electron chi connectivity index (χ1n) is 11.1. The van der Waals surface area contributed by atoms with Gasteiger partial charge in [0.25, 0.3) is 0 Å². The van der Waals surface area contributed by atoms with E-state index in [1.165, 1.54) is 22.0 Å². The van der Waals surface area contributed by atoms with Crippen LogP contribution in [0, 0.1) is 6.92 Å². The van der Waals surface area contributed by atoms with Gasteiger partial charge in [-0.1, -0.05) is 59.8 Å². The Morgan fingerprint density at radius 2 is 1.79 bits per heavy atom. The summed E-state index contributed by atoms with van der Waals surface area (Å²) in [5, 5.41) is 9.92. The van der Waals surface area contributed by atoms with Crippen molar-refractivity contribution in [2.45, 2.75) is 37.1 Å². The highest BCUT2D eigenvalue weighted by Gasteiger charge is 2.26. The molecule has 0 aliphatic carbocycles. The number of amides is 1. The van der Waals surface area contributed by atoms with Crippen LogP contribution in [0.3, 0.4) is 0 Å². The zero-order valence-electron chi connectivity index (χ0n) is 18.7. The van der Waals surface area contributed by atoms with Gasteiger partial charge in [0.1, 0.15) is 0 Å². The minimum atomic E-state index is -0.278. The summed E-state index contributed by atoms with van der Waals surface area (Å²) in [6.07, 6.45) is 2.14. The number of carbonyl (C=O) groups excluding carboxylic acids is 1. The molecule has 33 heavy (non-hydrogen) atoms. The highest BCUT2D eigenvalue weighted by atomic mass is 32.2. The minimum Gasteiger partial charge on any atom is -0.342 e. The second kappa shape index (κ2) is 8.86. The number of benzene rings is 2. The lowest BCUT2D eigenvalue weighted by atomic mass is 10.0. The number of likely N-dealkylation sites (tertiary alicyclic amines) is 1. The maximum atomic E-state index is 12.7. The molecule has 1 amide bonds. The Morgan fingerprint density at radius 1 is 1.06 bits per heavy atom. The van der Waals surface area contributed by atoms with Gasteiger partial charge < -0.3 is 10.7 Å². The predicted octanol–water partition coefficient (Wildman–Crippen LogP) is 4.29. The lowest BCUT2D eigenvalue weighted by molar-refractivity contribution is -0.129. The molecule has 0 bridgehead atoms. The standard InChI is InChI=1S/C25H26N6OS/c1-16-9-11-18(12-10-16)22-15-20(19-7-3-4-8-21(19)27-22)23-28-29-25(31(23)26)33-17(2)24(32)30-13-5-6-14-30/h3-4,7-12,15,17H,5-6,13-14,26H2,1-2H3/t17-/m1/s1. The Bertz CT molecular complexity index is 1310. The summed E-state index contributed by atoms with van der Waals surface area (Å²) in [6, 6.07) is 18.2. The number of aromatic nitrogens is 4. The summed E-state index contributed by atoms with van der Waals surface area (Å²) in [5.74, 6) is 7.13. The van der Waals surface area contributed by atoms with E-state index in [0.29, 0.717) is 11.0 Å². The zero-order chi connectivity index (χ0) is 22.9. The second-order valence-corrected chi connectivity index (χ2v) is 9.71. The quantitative estimate of drug-likeness (QED) is 0.355. The van der Waals surface area contributed by atoms with Crippen molar-refractivity contribution in [2.24, 2.45) is 0 Å². The Balaban J connectivity index is 1.52. The van der Waals surface area contributed by atoms with Crippen LogP contribution in [0.15, 0.2) is 59.8 Å². The molecule has 2 aromatic carbocycles.